The predicted octanol–water partition coefficient (Wildman–Crippen LogP) is 3.41. The van der Waals surface area contributed by atoms with Gasteiger partial charge in [-0.3, -0.25) is 0 Å². The Morgan fingerprint density at radius 1 is 1.38 bits per heavy atom. The average Bonchev–Trinajstić information content (AvgIpc) is 1.62. The second-order valence-electron chi connectivity index (χ2n) is 0.955. The fourth-order valence-electron chi connectivity index (χ4n) is 0.0619. The fourth-order valence-corrected chi connectivity index (χ4v) is 0.557. The first-order chi connectivity index (χ1) is 3.48. The topological polar surface area (TPSA) is 0 Å². The molecular formula is C3HCl4F. The minimum Gasteiger partial charge on any atom is -0.206 e. The minimum atomic E-state index is -2.01. The van der Waals surface area contributed by atoms with E-state index in [0.717, 1.165) is 0 Å². The summed E-state index contributed by atoms with van der Waals surface area (Å²) in [5, 5.41) is 0. The Balaban J connectivity index is 4.03. The van der Waals surface area contributed by atoms with Crippen LogP contribution in [-0.4, -0.2) is 3.79 Å². The van der Waals surface area contributed by atoms with Gasteiger partial charge in [-0.1, -0.05) is 46.4 Å². The molecule has 0 unspecified atom stereocenters. The third-order valence-corrected chi connectivity index (χ3v) is 1.10. The van der Waals surface area contributed by atoms with E-state index in [1.807, 2.05) is 0 Å². The standard InChI is InChI=1S/C3HCl4F/c4-1-2(8)3(5,6)7/h1H. The lowest BCUT2D eigenvalue weighted by Gasteiger charge is -2.04. The molecule has 0 heterocycles. The SMILES string of the molecule is FC(=CCl)C(Cl)(Cl)Cl. The van der Waals surface area contributed by atoms with Crippen molar-refractivity contribution >= 4 is 46.4 Å². The quantitative estimate of drug-likeness (QED) is 0.523. The van der Waals surface area contributed by atoms with Gasteiger partial charge < -0.3 is 0 Å². The monoisotopic (exact) mass is 196 g/mol. The summed E-state index contributed by atoms with van der Waals surface area (Å²) >= 11 is 19.8. The molecular weight excluding hydrogens is 197 g/mol. The van der Waals surface area contributed by atoms with Gasteiger partial charge in [-0.2, -0.15) is 0 Å². The van der Waals surface area contributed by atoms with Gasteiger partial charge in [-0.05, 0) is 0 Å². The summed E-state index contributed by atoms with van der Waals surface area (Å²) in [7, 11) is 0. The smallest absolute Gasteiger partial charge is 0.206 e. The molecule has 0 rings (SSSR count). The fraction of sp³-hybridized carbons (Fsp3) is 0.333. The lowest BCUT2D eigenvalue weighted by molar-refractivity contribution is 0.622. The average molecular weight is 198 g/mol. The maximum absolute atomic E-state index is 12.0. The minimum absolute atomic E-state index is 0.576. The molecule has 0 N–H and O–H groups in total. The molecule has 0 bridgehead atoms. The zero-order valence-corrected chi connectivity index (χ0v) is 6.49. The first-order valence-corrected chi connectivity index (χ1v) is 3.08. The van der Waals surface area contributed by atoms with E-state index in [2.05, 4.69) is 0 Å². The lowest BCUT2D eigenvalue weighted by Crippen LogP contribution is -2.00. The van der Waals surface area contributed by atoms with Crippen LogP contribution in [0.15, 0.2) is 11.4 Å². The van der Waals surface area contributed by atoms with Gasteiger partial charge in [0, 0.05) is 5.54 Å². The largest absolute Gasteiger partial charge is 0.242 e. The molecule has 8 heavy (non-hydrogen) atoms. The Labute approximate surface area is 66.2 Å². The van der Waals surface area contributed by atoms with Crippen molar-refractivity contribution in [3.05, 3.63) is 11.4 Å². The van der Waals surface area contributed by atoms with Crippen molar-refractivity contribution < 1.29 is 4.39 Å². The van der Waals surface area contributed by atoms with Crippen LogP contribution in [0.1, 0.15) is 0 Å². The Hall–Kier alpha value is 0.830. The molecule has 0 atom stereocenters. The molecule has 0 spiro atoms. The van der Waals surface area contributed by atoms with Gasteiger partial charge >= 0.3 is 0 Å². The summed E-state index contributed by atoms with van der Waals surface area (Å²) in [4.78, 5) is 0. The van der Waals surface area contributed by atoms with Crippen LogP contribution in [0, 0.1) is 0 Å². The van der Waals surface area contributed by atoms with Crippen LogP contribution in [0.2, 0.25) is 0 Å². The van der Waals surface area contributed by atoms with Crippen LogP contribution in [0.5, 0.6) is 0 Å². The van der Waals surface area contributed by atoms with Gasteiger partial charge in [0.25, 0.3) is 0 Å². The highest BCUT2D eigenvalue weighted by Gasteiger charge is 2.25. The second kappa shape index (κ2) is 3.11. The molecule has 0 aromatic rings. The molecule has 0 aliphatic carbocycles. The van der Waals surface area contributed by atoms with Gasteiger partial charge in [0.1, 0.15) is 0 Å². The van der Waals surface area contributed by atoms with Crippen molar-refractivity contribution in [3.8, 4) is 0 Å². The molecule has 0 aliphatic heterocycles. The van der Waals surface area contributed by atoms with Crippen LogP contribution < -0.4 is 0 Å². The first kappa shape index (κ1) is 8.83. The highest BCUT2D eigenvalue weighted by molar-refractivity contribution is 6.69. The zero-order valence-electron chi connectivity index (χ0n) is 3.47. The molecule has 0 aromatic heterocycles. The summed E-state index contributed by atoms with van der Waals surface area (Å²) in [6.07, 6.45) is 0. The molecule has 0 saturated heterocycles. The Morgan fingerprint density at radius 3 is 1.75 bits per heavy atom. The number of alkyl halides is 3. The van der Waals surface area contributed by atoms with Gasteiger partial charge in [0.15, 0.2) is 5.83 Å². The number of hydrogen-bond donors (Lipinski definition) is 0. The highest BCUT2D eigenvalue weighted by atomic mass is 35.6. The van der Waals surface area contributed by atoms with Crippen molar-refractivity contribution in [2.75, 3.05) is 0 Å². The van der Waals surface area contributed by atoms with E-state index >= 15 is 0 Å². The van der Waals surface area contributed by atoms with Crippen LogP contribution in [0.4, 0.5) is 4.39 Å². The summed E-state index contributed by atoms with van der Waals surface area (Å²) in [6.45, 7) is 0. The number of halogens is 5. The number of rotatable bonds is 0. The molecule has 0 radical (unpaired) electrons. The van der Waals surface area contributed by atoms with Gasteiger partial charge in [-0.15, -0.1) is 0 Å². The lowest BCUT2D eigenvalue weighted by atomic mass is 10.7. The Morgan fingerprint density at radius 2 is 1.75 bits per heavy atom. The van der Waals surface area contributed by atoms with Crippen LogP contribution in [0.25, 0.3) is 0 Å². The van der Waals surface area contributed by atoms with Crippen molar-refractivity contribution in [1.29, 1.82) is 0 Å². The van der Waals surface area contributed by atoms with Crippen molar-refractivity contribution in [2.24, 2.45) is 0 Å². The summed E-state index contributed by atoms with van der Waals surface area (Å²) in [5.41, 5.74) is 0.576. The number of allylic oxidation sites excluding steroid dienone is 1. The van der Waals surface area contributed by atoms with E-state index in [1.165, 1.54) is 0 Å². The van der Waals surface area contributed by atoms with Crippen molar-refractivity contribution in [1.82, 2.24) is 0 Å². The van der Waals surface area contributed by atoms with E-state index in [-0.39, 0.29) is 0 Å². The second-order valence-corrected chi connectivity index (χ2v) is 3.45. The molecule has 0 amide bonds. The molecule has 0 fully saturated rings. The third-order valence-electron chi connectivity index (χ3n) is 0.367. The van der Waals surface area contributed by atoms with Crippen molar-refractivity contribution in [3.63, 3.8) is 0 Å². The van der Waals surface area contributed by atoms with Gasteiger partial charge in [0.05, 0.1) is 0 Å². The van der Waals surface area contributed by atoms with Crippen LogP contribution in [-0.2, 0) is 0 Å². The van der Waals surface area contributed by atoms with Crippen LogP contribution >= 0.6 is 46.4 Å². The Kier molecular flexibility index (Phi) is 3.44. The van der Waals surface area contributed by atoms with E-state index < -0.39 is 9.62 Å². The van der Waals surface area contributed by atoms with Crippen molar-refractivity contribution in [2.45, 2.75) is 3.79 Å². The normalized spacial score (nSPS) is 14.4. The molecule has 0 aliphatic rings. The zero-order chi connectivity index (χ0) is 6.78. The number of hydrogen-bond acceptors (Lipinski definition) is 0. The molecule has 5 heteroatoms. The molecule has 0 nitrogen and oxygen atoms in total. The molecule has 48 valence electrons. The first-order valence-electron chi connectivity index (χ1n) is 1.51. The van der Waals surface area contributed by atoms with Crippen LogP contribution in [0.3, 0.4) is 0 Å². The maximum Gasteiger partial charge on any atom is 0.242 e. The van der Waals surface area contributed by atoms with Gasteiger partial charge in [-0.25, -0.2) is 4.39 Å². The maximum atomic E-state index is 12.0. The van der Waals surface area contributed by atoms with Gasteiger partial charge in [0.2, 0.25) is 3.79 Å². The summed E-state index contributed by atoms with van der Waals surface area (Å²) in [5.74, 6) is -0.982. The summed E-state index contributed by atoms with van der Waals surface area (Å²) in [6, 6.07) is 0. The Bertz CT molecular complexity index is 102. The van der Waals surface area contributed by atoms with E-state index in [1.54, 1.807) is 0 Å². The van der Waals surface area contributed by atoms with E-state index in [9.17, 15) is 4.39 Å². The molecule has 0 aromatic carbocycles. The summed E-state index contributed by atoms with van der Waals surface area (Å²) < 4.78 is 9.96. The molecule has 0 saturated carbocycles. The van der Waals surface area contributed by atoms with E-state index in [4.69, 9.17) is 46.4 Å². The predicted molar refractivity (Wildman–Crippen MR) is 35.3 cm³/mol. The third kappa shape index (κ3) is 2.98. The highest BCUT2D eigenvalue weighted by Crippen LogP contribution is 2.35. The van der Waals surface area contributed by atoms with E-state index in [0.29, 0.717) is 5.54 Å².